The second kappa shape index (κ2) is 7.04. The molecule has 21 heavy (non-hydrogen) atoms. The summed E-state index contributed by atoms with van der Waals surface area (Å²) in [7, 11) is 0. The Morgan fingerprint density at radius 3 is 2.76 bits per heavy atom. The first-order valence-corrected chi connectivity index (χ1v) is 7.51. The molecule has 0 aliphatic carbocycles. The highest BCUT2D eigenvalue weighted by atomic mass is 32.1. The van der Waals surface area contributed by atoms with E-state index in [1.54, 1.807) is 17.6 Å². The predicted octanol–water partition coefficient (Wildman–Crippen LogP) is 3.20. The van der Waals surface area contributed by atoms with Crippen molar-refractivity contribution < 1.29 is 9.53 Å². The topological polar surface area (TPSA) is 50.7 Å². The van der Waals surface area contributed by atoms with Gasteiger partial charge in [-0.1, -0.05) is 18.2 Å². The third kappa shape index (κ3) is 4.16. The molecule has 0 saturated heterocycles. The molecule has 0 bridgehead atoms. The lowest BCUT2D eigenvalue weighted by Gasteiger charge is -2.13. The zero-order valence-corrected chi connectivity index (χ0v) is 13.2. The maximum absolute atomic E-state index is 11.7. The van der Waals surface area contributed by atoms with Crippen LogP contribution >= 0.6 is 11.3 Å². The Hall–Kier alpha value is -2.14. The van der Waals surface area contributed by atoms with Crippen LogP contribution in [0, 0.1) is 20.8 Å². The third-order valence-corrected chi connectivity index (χ3v) is 3.95. The molecule has 1 N–H and O–H groups in total. The summed E-state index contributed by atoms with van der Waals surface area (Å²) in [4.78, 5) is 12.7. The number of nitrogens with one attached hydrogen (secondary N) is 1. The largest absolute Gasteiger partial charge is 0.483 e. The molecule has 0 unspecified atom stereocenters. The molecule has 0 radical (unpaired) electrons. The van der Waals surface area contributed by atoms with E-state index in [1.165, 1.54) is 0 Å². The number of thiophene rings is 1. The molecule has 1 heterocycles. The van der Waals surface area contributed by atoms with Crippen LogP contribution in [0.3, 0.4) is 0 Å². The number of carbonyl (C=O) groups is 1. The van der Waals surface area contributed by atoms with Crippen molar-refractivity contribution >= 4 is 23.5 Å². The van der Waals surface area contributed by atoms with Gasteiger partial charge in [-0.15, -0.1) is 11.3 Å². The number of carbonyl (C=O) groups excluding carboxylic acids is 1. The van der Waals surface area contributed by atoms with E-state index in [9.17, 15) is 4.79 Å². The molecule has 1 aromatic carbocycles. The molecule has 0 aliphatic rings. The third-order valence-electron chi connectivity index (χ3n) is 3.15. The monoisotopic (exact) mass is 302 g/mol. The van der Waals surface area contributed by atoms with E-state index in [2.05, 4.69) is 10.5 Å². The molecular formula is C16H18N2O2S. The van der Waals surface area contributed by atoms with Crippen LogP contribution in [0.2, 0.25) is 0 Å². The summed E-state index contributed by atoms with van der Waals surface area (Å²) < 4.78 is 5.61. The molecular weight excluding hydrogens is 284 g/mol. The van der Waals surface area contributed by atoms with Crippen LogP contribution in [0.25, 0.3) is 0 Å². The molecule has 5 heteroatoms. The van der Waals surface area contributed by atoms with Gasteiger partial charge < -0.3 is 4.74 Å². The number of nitrogens with zero attached hydrogens (tertiary/aromatic N) is 1. The van der Waals surface area contributed by atoms with E-state index < -0.39 is 0 Å². The smallest absolute Gasteiger partial charge is 0.277 e. The van der Waals surface area contributed by atoms with Crippen molar-refractivity contribution in [3.8, 4) is 5.75 Å². The van der Waals surface area contributed by atoms with Crippen LogP contribution in [-0.2, 0) is 4.79 Å². The standard InChI is InChI=1S/C16H18N2O2S/c1-11-6-7-12(2)16(13(11)3)20-10-15(19)18-17-9-14-5-4-8-21-14/h4-9H,10H2,1-3H3,(H,18,19)/b17-9-. The van der Waals surface area contributed by atoms with E-state index in [1.807, 2.05) is 50.4 Å². The molecule has 2 rings (SSSR count). The summed E-state index contributed by atoms with van der Waals surface area (Å²) in [6.07, 6.45) is 1.62. The Bertz CT molecular complexity index is 649. The first kappa shape index (κ1) is 15.3. The summed E-state index contributed by atoms with van der Waals surface area (Å²) in [6.45, 7) is 5.93. The number of aryl methyl sites for hydroxylation is 2. The average molecular weight is 302 g/mol. The van der Waals surface area contributed by atoms with E-state index in [-0.39, 0.29) is 12.5 Å². The number of benzene rings is 1. The molecule has 0 atom stereocenters. The molecule has 4 nitrogen and oxygen atoms in total. The highest BCUT2D eigenvalue weighted by Gasteiger charge is 2.08. The van der Waals surface area contributed by atoms with Gasteiger partial charge in [-0.05, 0) is 48.9 Å². The van der Waals surface area contributed by atoms with Gasteiger partial charge in [-0.3, -0.25) is 4.79 Å². The zero-order valence-electron chi connectivity index (χ0n) is 12.3. The van der Waals surface area contributed by atoms with Gasteiger partial charge in [0.25, 0.3) is 5.91 Å². The summed E-state index contributed by atoms with van der Waals surface area (Å²) in [5.74, 6) is 0.496. The number of hydrogen-bond donors (Lipinski definition) is 1. The second-order valence-corrected chi connectivity index (χ2v) is 5.73. The van der Waals surface area contributed by atoms with Gasteiger partial charge in [-0.25, -0.2) is 5.43 Å². The van der Waals surface area contributed by atoms with E-state index in [4.69, 9.17) is 4.74 Å². The molecule has 0 saturated carbocycles. The van der Waals surface area contributed by atoms with E-state index in [0.717, 1.165) is 27.3 Å². The normalized spacial score (nSPS) is 10.8. The molecule has 1 amide bonds. The van der Waals surface area contributed by atoms with Gasteiger partial charge in [0.2, 0.25) is 0 Å². The number of ether oxygens (including phenoxy) is 1. The van der Waals surface area contributed by atoms with Crippen LogP contribution in [0.1, 0.15) is 21.6 Å². The highest BCUT2D eigenvalue weighted by molar-refractivity contribution is 7.11. The summed E-state index contributed by atoms with van der Waals surface area (Å²) in [5, 5.41) is 5.85. The molecule has 110 valence electrons. The van der Waals surface area contributed by atoms with Gasteiger partial charge in [0.15, 0.2) is 6.61 Å². The highest BCUT2D eigenvalue weighted by Crippen LogP contribution is 2.25. The average Bonchev–Trinajstić information content (AvgIpc) is 2.96. The van der Waals surface area contributed by atoms with Crippen LogP contribution in [0.15, 0.2) is 34.7 Å². The fourth-order valence-corrected chi connectivity index (χ4v) is 2.44. The minimum Gasteiger partial charge on any atom is -0.483 e. The lowest BCUT2D eigenvalue weighted by Crippen LogP contribution is -2.25. The van der Waals surface area contributed by atoms with Crippen molar-refractivity contribution in [2.24, 2.45) is 5.10 Å². The Morgan fingerprint density at radius 1 is 1.29 bits per heavy atom. The van der Waals surface area contributed by atoms with Crippen molar-refractivity contribution in [1.82, 2.24) is 5.43 Å². The van der Waals surface area contributed by atoms with Crippen molar-refractivity contribution in [1.29, 1.82) is 0 Å². The number of hydrazone groups is 1. The Balaban J connectivity index is 1.88. The zero-order chi connectivity index (χ0) is 15.2. The van der Waals surface area contributed by atoms with E-state index in [0.29, 0.717) is 0 Å². The van der Waals surface area contributed by atoms with Gasteiger partial charge in [0.1, 0.15) is 5.75 Å². The van der Waals surface area contributed by atoms with Gasteiger partial charge in [0, 0.05) is 4.88 Å². The predicted molar refractivity (Wildman–Crippen MR) is 86.2 cm³/mol. The van der Waals surface area contributed by atoms with Crippen LogP contribution < -0.4 is 10.2 Å². The van der Waals surface area contributed by atoms with Crippen LogP contribution in [-0.4, -0.2) is 18.7 Å². The molecule has 0 fully saturated rings. The lowest BCUT2D eigenvalue weighted by atomic mass is 10.1. The maximum atomic E-state index is 11.7. The number of amides is 1. The van der Waals surface area contributed by atoms with Crippen molar-refractivity contribution in [3.05, 3.63) is 51.2 Å². The Labute approximate surface area is 128 Å². The summed E-state index contributed by atoms with van der Waals surface area (Å²) in [5.41, 5.74) is 5.68. The van der Waals surface area contributed by atoms with Gasteiger partial charge in [0.05, 0.1) is 6.21 Å². The van der Waals surface area contributed by atoms with E-state index >= 15 is 0 Å². The quantitative estimate of drug-likeness (QED) is 0.681. The lowest BCUT2D eigenvalue weighted by molar-refractivity contribution is -0.123. The van der Waals surface area contributed by atoms with Crippen molar-refractivity contribution in [2.45, 2.75) is 20.8 Å². The molecule has 0 spiro atoms. The van der Waals surface area contributed by atoms with Gasteiger partial charge >= 0.3 is 0 Å². The van der Waals surface area contributed by atoms with Crippen molar-refractivity contribution in [3.63, 3.8) is 0 Å². The van der Waals surface area contributed by atoms with Crippen LogP contribution in [0.5, 0.6) is 5.75 Å². The first-order chi connectivity index (χ1) is 10.1. The summed E-state index contributed by atoms with van der Waals surface area (Å²) in [6, 6.07) is 7.89. The second-order valence-electron chi connectivity index (χ2n) is 4.75. The molecule has 0 aliphatic heterocycles. The maximum Gasteiger partial charge on any atom is 0.277 e. The van der Waals surface area contributed by atoms with Crippen LogP contribution in [0.4, 0.5) is 0 Å². The van der Waals surface area contributed by atoms with Gasteiger partial charge in [-0.2, -0.15) is 5.10 Å². The minimum absolute atomic E-state index is 0.0487. The number of rotatable bonds is 5. The summed E-state index contributed by atoms with van der Waals surface area (Å²) >= 11 is 1.56. The Kier molecular flexibility index (Phi) is 5.11. The SMILES string of the molecule is Cc1ccc(C)c(OCC(=O)N/N=C\c2cccs2)c1C. The fourth-order valence-electron chi connectivity index (χ4n) is 1.85. The van der Waals surface area contributed by atoms with Crippen molar-refractivity contribution in [2.75, 3.05) is 6.61 Å². The molecule has 2 aromatic rings. The fraction of sp³-hybridized carbons (Fsp3) is 0.250. The first-order valence-electron chi connectivity index (χ1n) is 6.63. The number of hydrogen-bond acceptors (Lipinski definition) is 4. The molecule has 1 aromatic heterocycles. The Morgan fingerprint density at radius 2 is 2.05 bits per heavy atom. The minimum atomic E-state index is -0.275.